The lowest BCUT2D eigenvalue weighted by Crippen LogP contribution is -2.37. The van der Waals surface area contributed by atoms with Crippen molar-refractivity contribution in [2.24, 2.45) is 5.92 Å². The number of carbonyl (C=O) groups is 1. The second-order valence-electron chi connectivity index (χ2n) is 6.82. The van der Waals surface area contributed by atoms with Crippen LogP contribution in [0.5, 0.6) is 0 Å². The number of pyridine rings is 1. The van der Waals surface area contributed by atoms with Gasteiger partial charge in [0.25, 0.3) is 5.91 Å². The van der Waals surface area contributed by atoms with E-state index in [4.69, 9.17) is 4.74 Å². The molecule has 1 saturated heterocycles. The monoisotopic (exact) mass is 353 g/mol. The van der Waals surface area contributed by atoms with Crippen molar-refractivity contribution >= 4 is 5.91 Å². The van der Waals surface area contributed by atoms with E-state index in [2.05, 4.69) is 34.1 Å². The third-order valence-corrected chi connectivity index (χ3v) is 4.81. The molecule has 5 heteroatoms. The van der Waals surface area contributed by atoms with Gasteiger partial charge in [-0.1, -0.05) is 36.4 Å². The fourth-order valence-electron chi connectivity index (χ4n) is 3.49. The molecule has 1 aliphatic heterocycles. The molecular weight excluding hydrogens is 326 g/mol. The van der Waals surface area contributed by atoms with Crippen molar-refractivity contribution in [1.82, 2.24) is 14.8 Å². The van der Waals surface area contributed by atoms with Gasteiger partial charge in [0.05, 0.1) is 6.61 Å². The van der Waals surface area contributed by atoms with Crippen LogP contribution in [0.2, 0.25) is 0 Å². The summed E-state index contributed by atoms with van der Waals surface area (Å²) in [6, 6.07) is 16.0. The summed E-state index contributed by atoms with van der Waals surface area (Å²) in [6.45, 7) is 4.93. The topological polar surface area (TPSA) is 45.7 Å². The molecule has 1 aromatic carbocycles. The second kappa shape index (κ2) is 9.46. The maximum absolute atomic E-state index is 12.8. The predicted molar refractivity (Wildman–Crippen MR) is 102 cm³/mol. The molecule has 1 fully saturated rings. The summed E-state index contributed by atoms with van der Waals surface area (Å²) in [5.41, 5.74) is 1.86. The molecule has 1 amide bonds. The highest BCUT2D eigenvalue weighted by Crippen LogP contribution is 2.14. The van der Waals surface area contributed by atoms with Crippen LogP contribution in [-0.4, -0.2) is 67.1 Å². The van der Waals surface area contributed by atoms with E-state index < -0.39 is 0 Å². The van der Waals surface area contributed by atoms with Gasteiger partial charge in [0, 0.05) is 51.9 Å². The molecule has 26 heavy (non-hydrogen) atoms. The van der Waals surface area contributed by atoms with Crippen LogP contribution >= 0.6 is 0 Å². The van der Waals surface area contributed by atoms with Crippen molar-refractivity contribution < 1.29 is 9.53 Å². The summed E-state index contributed by atoms with van der Waals surface area (Å²) in [4.78, 5) is 21.4. The number of aromatic nitrogens is 1. The molecule has 0 bridgehead atoms. The summed E-state index contributed by atoms with van der Waals surface area (Å²) < 4.78 is 5.40. The van der Waals surface area contributed by atoms with E-state index in [9.17, 15) is 4.79 Å². The number of carbonyl (C=O) groups excluding carboxylic acids is 1. The van der Waals surface area contributed by atoms with Gasteiger partial charge >= 0.3 is 0 Å². The zero-order valence-corrected chi connectivity index (χ0v) is 15.4. The Labute approximate surface area is 155 Å². The first-order chi connectivity index (χ1) is 12.8. The Bertz CT molecular complexity index is 678. The fourth-order valence-corrected chi connectivity index (χ4v) is 3.49. The van der Waals surface area contributed by atoms with E-state index in [0.717, 1.165) is 32.6 Å². The van der Waals surface area contributed by atoms with E-state index in [1.807, 2.05) is 23.1 Å². The minimum atomic E-state index is 0.0108. The maximum Gasteiger partial charge on any atom is 0.272 e. The number of hydrogen-bond acceptors (Lipinski definition) is 4. The van der Waals surface area contributed by atoms with Crippen molar-refractivity contribution in [3.8, 4) is 0 Å². The van der Waals surface area contributed by atoms with E-state index in [0.29, 0.717) is 24.8 Å². The number of hydrogen-bond donors (Lipinski definition) is 0. The van der Waals surface area contributed by atoms with Crippen molar-refractivity contribution in [2.75, 3.05) is 46.4 Å². The number of methoxy groups -OCH3 is 1. The standard InChI is InChI=1S/C21H27N3O2/c1-26-17-19-15-23(12-10-18-7-3-2-4-8-18)13-14-24(16-19)21(25)20-9-5-6-11-22-20/h2-9,11,19H,10,12-17H2,1H3. The fraction of sp³-hybridized carbons (Fsp3) is 0.429. The Morgan fingerprint density at radius 3 is 2.65 bits per heavy atom. The van der Waals surface area contributed by atoms with Crippen molar-refractivity contribution in [3.05, 3.63) is 66.0 Å². The van der Waals surface area contributed by atoms with E-state index >= 15 is 0 Å². The summed E-state index contributed by atoms with van der Waals surface area (Å²) in [6.07, 6.45) is 2.69. The quantitative estimate of drug-likeness (QED) is 0.800. The van der Waals surface area contributed by atoms with Gasteiger partial charge in [0.15, 0.2) is 0 Å². The summed E-state index contributed by atoms with van der Waals surface area (Å²) in [5, 5.41) is 0. The molecule has 1 aliphatic rings. The number of nitrogens with zero attached hydrogens (tertiary/aromatic N) is 3. The summed E-state index contributed by atoms with van der Waals surface area (Å²) in [7, 11) is 1.73. The third-order valence-electron chi connectivity index (χ3n) is 4.81. The molecule has 1 aromatic heterocycles. The molecule has 3 rings (SSSR count). The highest BCUT2D eigenvalue weighted by molar-refractivity contribution is 5.92. The molecule has 0 N–H and O–H groups in total. The minimum absolute atomic E-state index is 0.0108. The lowest BCUT2D eigenvalue weighted by atomic mass is 10.1. The highest BCUT2D eigenvalue weighted by Gasteiger charge is 2.26. The van der Waals surface area contributed by atoms with Gasteiger partial charge in [0.1, 0.15) is 5.69 Å². The molecular formula is C21H27N3O2. The Balaban J connectivity index is 1.63. The molecule has 2 aromatic rings. The van der Waals surface area contributed by atoms with E-state index in [-0.39, 0.29) is 5.91 Å². The minimum Gasteiger partial charge on any atom is -0.384 e. The van der Waals surface area contributed by atoms with Gasteiger partial charge in [-0.2, -0.15) is 0 Å². The van der Waals surface area contributed by atoms with Gasteiger partial charge in [-0.3, -0.25) is 9.78 Å². The maximum atomic E-state index is 12.8. The van der Waals surface area contributed by atoms with Gasteiger partial charge in [-0.15, -0.1) is 0 Å². The molecule has 138 valence electrons. The predicted octanol–water partition coefficient (Wildman–Crippen LogP) is 2.34. The summed E-state index contributed by atoms with van der Waals surface area (Å²) in [5.74, 6) is 0.322. The number of benzene rings is 1. The molecule has 0 spiro atoms. The van der Waals surface area contributed by atoms with E-state index in [1.165, 1.54) is 5.56 Å². The normalized spacial score (nSPS) is 18.5. The first-order valence-electron chi connectivity index (χ1n) is 9.22. The van der Waals surface area contributed by atoms with Crippen LogP contribution in [0, 0.1) is 5.92 Å². The average molecular weight is 353 g/mol. The molecule has 1 unspecified atom stereocenters. The van der Waals surface area contributed by atoms with Crippen molar-refractivity contribution in [3.63, 3.8) is 0 Å². The van der Waals surface area contributed by atoms with Crippen LogP contribution in [-0.2, 0) is 11.2 Å². The van der Waals surface area contributed by atoms with Crippen molar-refractivity contribution in [1.29, 1.82) is 0 Å². The summed E-state index contributed by atoms with van der Waals surface area (Å²) >= 11 is 0. The first-order valence-corrected chi connectivity index (χ1v) is 9.22. The Hall–Kier alpha value is -2.24. The highest BCUT2D eigenvalue weighted by atomic mass is 16.5. The Kier molecular flexibility index (Phi) is 6.75. The van der Waals surface area contributed by atoms with Crippen LogP contribution < -0.4 is 0 Å². The average Bonchev–Trinajstić information content (AvgIpc) is 2.90. The zero-order valence-electron chi connectivity index (χ0n) is 15.4. The van der Waals surface area contributed by atoms with Crippen molar-refractivity contribution in [2.45, 2.75) is 6.42 Å². The van der Waals surface area contributed by atoms with E-state index in [1.54, 1.807) is 19.4 Å². The van der Waals surface area contributed by atoms with Gasteiger partial charge in [-0.05, 0) is 24.1 Å². The van der Waals surface area contributed by atoms with Gasteiger partial charge in [0.2, 0.25) is 0 Å². The van der Waals surface area contributed by atoms with Crippen LogP contribution in [0.1, 0.15) is 16.1 Å². The molecule has 5 nitrogen and oxygen atoms in total. The molecule has 1 atom stereocenters. The lowest BCUT2D eigenvalue weighted by Gasteiger charge is -2.24. The Morgan fingerprint density at radius 2 is 1.92 bits per heavy atom. The number of rotatable bonds is 6. The first kappa shape index (κ1) is 18.5. The van der Waals surface area contributed by atoms with Crippen LogP contribution in [0.25, 0.3) is 0 Å². The van der Waals surface area contributed by atoms with Crippen LogP contribution in [0.4, 0.5) is 0 Å². The largest absolute Gasteiger partial charge is 0.384 e. The Morgan fingerprint density at radius 1 is 1.12 bits per heavy atom. The zero-order chi connectivity index (χ0) is 18.2. The third kappa shape index (κ3) is 5.13. The SMILES string of the molecule is COCC1CN(CCc2ccccc2)CCN(C(=O)c2ccccn2)C1. The second-order valence-corrected chi connectivity index (χ2v) is 6.82. The molecule has 0 radical (unpaired) electrons. The molecule has 0 saturated carbocycles. The van der Waals surface area contributed by atoms with Gasteiger partial charge < -0.3 is 14.5 Å². The number of amides is 1. The smallest absolute Gasteiger partial charge is 0.272 e. The lowest BCUT2D eigenvalue weighted by molar-refractivity contribution is 0.0701. The molecule has 0 aliphatic carbocycles. The van der Waals surface area contributed by atoms with Crippen LogP contribution in [0.3, 0.4) is 0 Å². The molecule has 2 heterocycles. The number of ether oxygens (including phenoxy) is 1. The van der Waals surface area contributed by atoms with Crippen LogP contribution in [0.15, 0.2) is 54.7 Å². The van der Waals surface area contributed by atoms with Gasteiger partial charge in [-0.25, -0.2) is 0 Å².